The van der Waals surface area contributed by atoms with Crippen LogP contribution in [0.3, 0.4) is 0 Å². The lowest BCUT2D eigenvalue weighted by Gasteiger charge is -1.96. The highest BCUT2D eigenvalue weighted by Gasteiger charge is 2.11. The van der Waals surface area contributed by atoms with E-state index in [0.29, 0.717) is 0 Å². The third kappa shape index (κ3) is 2.51. The van der Waals surface area contributed by atoms with Crippen LogP contribution in [0.25, 0.3) is 0 Å². The second-order valence-corrected chi connectivity index (χ2v) is 4.43. The highest BCUT2D eigenvalue weighted by Crippen LogP contribution is 2.23. The van der Waals surface area contributed by atoms with Gasteiger partial charge in [-0.25, -0.2) is 4.98 Å². The predicted octanol–water partition coefficient (Wildman–Crippen LogP) is 2.68. The Morgan fingerprint density at radius 3 is 2.62 bits per heavy atom. The van der Waals surface area contributed by atoms with E-state index in [2.05, 4.69) is 18.8 Å². The van der Waals surface area contributed by atoms with E-state index < -0.39 is 0 Å². The third-order valence-electron chi connectivity index (χ3n) is 1.99. The summed E-state index contributed by atoms with van der Waals surface area (Å²) < 4.78 is 0. The number of nitrogens with two attached hydrogens (primary N) is 1. The van der Waals surface area contributed by atoms with Crippen molar-refractivity contribution in [3.8, 4) is 0 Å². The van der Waals surface area contributed by atoms with E-state index in [4.69, 9.17) is 5.73 Å². The molecule has 2 N–H and O–H groups in total. The monoisotopic (exact) mass is 198 g/mol. The minimum absolute atomic E-state index is 0.0842. The van der Waals surface area contributed by atoms with Crippen molar-refractivity contribution in [1.29, 1.82) is 0 Å². The summed E-state index contributed by atoms with van der Waals surface area (Å²) in [6.07, 6.45) is 3.33. The number of aromatic nitrogens is 1. The van der Waals surface area contributed by atoms with Crippen molar-refractivity contribution in [3.63, 3.8) is 0 Å². The summed E-state index contributed by atoms with van der Waals surface area (Å²) in [5, 5.41) is 1.08. The Balaban J connectivity index is 2.90. The maximum atomic E-state index is 5.79. The lowest BCUT2D eigenvalue weighted by Crippen LogP contribution is -2.04. The fourth-order valence-electron chi connectivity index (χ4n) is 1.31. The fourth-order valence-corrected chi connectivity index (χ4v) is 2.31. The molecule has 3 heteroatoms. The van der Waals surface area contributed by atoms with Crippen molar-refractivity contribution >= 4 is 11.3 Å². The SMILES string of the molecule is CCCc1nc(C(C)N)sc1CC. The van der Waals surface area contributed by atoms with Crippen LogP contribution in [0.4, 0.5) is 0 Å². The first-order chi connectivity index (χ1) is 6.19. The molecule has 1 heterocycles. The zero-order chi connectivity index (χ0) is 9.84. The second-order valence-electron chi connectivity index (χ2n) is 3.31. The largest absolute Gasteiger partial charge is 0.322 e. The van der Waals surface area contributed by atoms with Crippen LogP contribution in [0.15, 0.2) is 0 Å². The Labute approximate surface area is 84.2 Å². The van der Waals surface area contributed by atoms with Gasteiger partial charge in [-0.3, -0.25) is 0 Å². The van der Waals surface area contributed by atoms with Gasteiger partial charge in [0.05, 0.1) is 11.7 Å². The number of hydrogen-bond donors (Lipinski definition) is 1. The van der Waals surface area contributed by atoms with Crippen molar-refractivity contribution in [2.75, 3.05) is 0 Å². The first-order valence-electron chi connectivity index (χ1n) is 4.93. The molecule has 0 radical (unpaired) electrons. The van der Waals surface area contributed by atoms with E-state index >= 15 is 0 Å². The molecule has 0 bridgehead atoms. The van der Waals surface area contributed by atoms with Crippen LogP contribution in [-0.2, 0) is 12.8 Å². The smallest absolute Gasteiger partial charge is 0.110 e. The molecule has 0 saturated carbocycles. The topological polar surface area (TPSA) is 38.9 Å². The zero-order valence-corrected chi connectivity index (χ0v) is 9.45. The van der Waals surface area contributed by atoms with Gasteiger partial charge in [-0.05, 0) is 19.8 Å². The number of rotatable bonds is 4. The standard InChI is InChI=1S/C10H18N2S/c1-4-6-8-9(5-2)13-10(12-8)7(3)11/h7H,4-6,11H2,1-3H3. The molecule has 74 valence electrons. The van der Waals surface area contributed by atoms with E-state index in [1.54, 1.807) is 11.3 Å². The summed E-state index contributed by atoms with van der Waals surface area (Å²) in [5.74, 6) is 0. The Morgan fingerprint density at radius 1 is 1.46 bits per heavy atom. The van der Waals surface area contributed by atoms with Crippen molar-refractivity contribution in [1.82, 2.24) is 4.98 Å². The molecule has 0 aliphatic carbocycles. The van der Waals surface area contributed by atoms with E-state index in [9.17, 15) is 0 Å². The number of hydrogen-bond acceptors (Lipinski definition) is 3. The van der Waals surface area contributed by atoms with Crippen LogP contribution in [-0.4, -0.2) is 4.98 Å². The number of thiazole rings is 1. The average Bonchev–Trinajstić information content (AvgIpc) is 2.48. The van der Waals surface area contributed by atoms with Crippen LogP contribution in [0.5, 0.6) is 0 Å². The molecular formula is C10H18N2S. The van der Waals surface area contributed by atoms with Crippen molar-refractivity contribution in [2.24, 2.45) is 5.73 Å². The van der Waals surface area contributed by atoms with Crippen molar-refractivity contribution in [2.45, 2.75) is 46.1 Å². The number of aryl methyl sites for hydroxylation is 2. The average molecular weight is 198 g/mol. The van der Waals surface area contributed by atoms with Crippen molar-refractivity contribution in [3.05, 3.63) is 15.6 Å². The zero-order valence-electron chi connectivity index (χ0n) is 8.63. The summed E-state index contributed by atoms with van der Waals surface area (Å²) >= 11 is 1.77. The van der Waals surface area contributed by atoms with Crippen molar-refractivity contribution < 1.29 is 0 Å². The van der Waals surface area contributed by atoms with Gasteiger partial charge in [0.1, 0.15) is 5.01 Å². The predicted molar refractivity (Wildman–Crippen MR) is 58.1 cm³/mol. The Bertz CT molecular complexity index is 266. The second kappa shape index (κ2) is 4.72. The molecule has 1 atom stereocenters. The molecule has 0 amide bonds. The summed E-state index contributed by atoms with van der Waals surface area (Å²) in [6.45, 7) is 6.36. The maximum absolute atomic E-state index is 5.79. The van der Waals surface area contributed by atoms with Gasteiger partial charge < -0.3 is 5.73 Å². The Hall–Kier alpha value is -0.410. The summed E-state index contributed by atoms with van der Waals surface area (Å²) in [6, 6.07) is 0.0842. The van der Waals surface area contributed by atoms with Gasteiger partial charge in [0.2, 0.25) is 0 Å². The summed E-state index contributed by atoms with van der Waals surface area (Å²) in [4.78, 5) is 5.98. The lowest BCUT2D eigenvalue weighted by atomic mass is 10.2. The fraction of sp³-hybridized carbons (Fsp3) is 0.700. The number of nitrogens with zero attached hydrogens (tertiary/aromatic N) is 1. The Morgan fingerprint density at radius 2 is 2.15 bits per heavy atom. The molecule has 1 rings (SSSR count). The molecule has 0 aliphatic heterocycles. The van der Waals surface area contributed by atoms with Crippen LogP contribution < -0.4 is 5.73 Å². The summed E-state index contributed by atoms with van der Waals surface area (Å²) in [7, 11) is 0. The minimum Gasteiger partial charge on any atom is -0.322 e. The first kappa shape index (κ1) is 10.7. The molecule has 13 heavy (non-hydrogen) atoms. The molecule has 2 nitrogen and oxygen atoms in total. The molecule has 0 fully saturated rings. The van der Waals surface area contributed by atoms with Gasteiger partial charge in [-0.2, -0.15) is 0 Å². The normalized spacial score (nSPS) is 13.2. The van der Waals surface area contributed by atoms with Gasteiger partial charge in [0.15, 0.2) is 0 Å². The van der Waals surface area contributed by atoms with E-state index in [-0.39, 0.29) is 6.04 Å². The quantitative estimate of drug-likeness (QED) is 0.808. The highest BCUT2D eigenvalue weighted by atomic mass is 32.1. The van der Waals surface area contributed by atoms with Gasteiger partial charge >= 0.3 is 0 Å². The van der Waals surface area contributed by atoms with E-state index in [1.165, 1.54) is 10.6 Å². The van der Waals surface area contributed by atoms with Gasteiger partial charge in [-0.15, -0.1) is 11.3 Å². The molecule has 0 aliphatic rings. The van der Waals surface area contributed by atoms with Crippen LogP contribution in [0.2, 0.25) is 0 Å². The molecule has 0 aromatic carbocycles. The van der Waals surface area contributed by atoms with Gasteiger partial charge in [0.25, 0.3) is 0 Å². The van der Waals surface area contributed by atoms with Gasteiger partial charge in [-0.1, -0.05) is 20.3 Å². The molecule has 0 saturated heterocycles. The lowest BCUT2D eigenvalue weighted by molar-refractivity contribution is 0.787. The van der Waals surface area contributed by atoms with Gasteiger partial charge in [0, 0.05) is 4.88 Å². The molecule has 1 aromatic heterocycles. The molecular weight excluding hydrogens is 180 g/mol. The van der Waals surface area contributed by atoms with E-state index in [1.807, 2.05) is 6.92 Å². The van der Waals surface area contributed by atoms with E-state index in [0.717, 1.165) is 24.3 Å². The molecule has 1 unspecified atom stereocenters. The first-order valence-corrected chi connectivity index (χ1v) is 5.74. The maximum Gasteiger partial charge on any atom is 0.110 e. The molecule has 1 aromatic rings. The summed E-state index contributed by atoms with van der Waals surface area (Å²) in [5.41, 5.74) is 7.06. The van der Waals surface area contributed by atoms with Crippen LogP contribution >= 0.6 is 11.3 Å². The van der Waals surface area contributed by atoms with Crippen LogP contribution in [0.1, 0.15) is 48.8 Å². The Kier molecular flexibility index (Phi) is 3.88. The van der Waals surface area contributed by atoms with Crippen LogP contribution in [0, 0.1) is 0 Å². The third-order valence-corrected chi connectivity index (χ3v) is 3.44. The highest BCUT2D eigenvalue weighted by molar-refractivity contribution is 7.11. The minimum atomic E-state index is 0.0842. The molecule has 0 spiro atoms.